The smallest absolute Gasteiger partial charge is 0.326 e. The normalized spacial score (nSPS) is 11.7. The maximum absolute atomic E-state index is 11.9. The van der Waals surface area contributed by atoms with Crippen LogP contribution in [0.3, 0.4) is 0 Å². The number of hydrogen-bond donors (Lipinski definition) is 3. The van der Waals surface area contributed by atoms with Gasteiger partial charge in [0.1, 0.15) is 17.6 Å². The first kappa shape index (κ1) is 20.7. The number of phenols is 1. The second kappa shape index (κ2) is 11.2. The van der Waals surface area contributed by atoms with E-state index >= 15 is 0 Å². The molecule has 1 rings (SSSR count). The lowest BCUT2D eigenvalue weighted by molar-refractivity contribution is -0.142. The van der Waals surface area contributed by atoms with Crippen molar-refractivity contribution in [1.29, 1.82) is 0 Å². The van der Waals surface area contributed by atoms with Crippen molar-refractivity contribution in [1.82, 2.24) is 5.32 Å². The van der Waals surface area contributed by atoms with Gasteiger partial charge in [-0.05, 0) is 24.1 Å². The molecule has 0 unspecified atom stereocenters. The zero-order valence-corrected chi connectivity index (χ0v) is 14.7. The monoisotopic (exact) mass is 349 g/mol. The summed E-state index contributed by atoms with van der Waals surface area (Å²) in [6.07, 6.45) is 5.26. The lowest BCUT2D eigenvalue weighted by Crippen LogP contribution is -2.42. The third kappa shape index (κ3) is 8.88. The Labute approximate surface area is 148 Å². The van der Waals surface area contributed by atoms with Gasteiger partial charge in [-0.15, -0.1) is 0 Å². The third-order valence-corrected chi connectivity index (χ3v) is 3.93. The fraction of sp³-hybridized carbons (Fsp3) is 0.526. The molecule has 1 aromatic carbocycles. The maximum atomic E-state index is 11.9. The van der Waals surface area contributed by atoms with Crippen LogP contribution in [-0.2, 0) is 20.8 Å². The molecule has 1 amide bonds. The van der Waals surface area contributed by atoms with Crippen molar-refractivity contribution >= 4 is 17.7 Å². The molecule has 138 valence electrons. The molecule has 0 aliphatic carbocycles. The summed E-state index contributed by atoms with van der Waals surface area (Å²) in [5, 5.41) is 20.9. The van der Waals surface area contributed by atoms with E-state index in [-0.39, 0.29) is 24.4 Å². The minimum Gasteiger partial charge on any atom is -0.508 e. The van der Waals surface area contributed by atoms with Crippen molar-refractivity contribution in [2.75, 3.05) is 0 Å². The van der Waals surface area contributed by atoms with Crippen LogP contribution in [0.4, 0.5) is 0 Å². The molecule has 1 aromatic rings. The summed E-state index contributed by atoms with van der Waals surface area (Å²) in [6.45, 7) is 2.12. The largest absolute Gasteiger partial charge is 0.508 e. The number of nitrogens with one attached hydrogen (secondary N) is 1. The number of carbonyl (C=O) groups excluding carboxylic acids is 2. The first-order valence-corrected chi connectivity index (χ1v) is 8.74. The lowest BCUT2D eigenvalue weighted by Gasteiger charge is -2.14. The van der Waals surface area contributed by atoms with Crippen molar-refractivity contribution in [2.45, 2.75) is 64.3 Å². The van der Waals surface area contributed by atoms with Crippen LogP contribution in [0.2, 0.25) is 0 Å². The highest BCUT2D eigenvalue weighted by Gasteiger charge is 2.21. The van der Waals surface area contributed by atoms with Gasteiger partial charge in [0.05, 0.1) is 6.42 Å². The second-order valence-electron chi connectivity index (χ2n) is 6.21. The van der Waals surface area contributed by atoms with E-state index in [4.69, 9.17) is 0 Å². The van der Waals surface area contributed by atoms with Gasteiger partial charge in [-0.3, -0.25) is 9.59 Å². The van der Waals surface area contributed by atoms with Crippen LogP contribution in [0.1, 0.15) is 57.4 Å². The third-order valence-electron chi connectivity index (χ3n) is 3.93. The minimum atomic E-state index is -1.16. The number of phenolic OH excluding ortho intramolecular Hbond substituents is 1. The Bertz CT molecular complexity index is 568. The molecule has 0 heterocycles. The predicted octanol–water partition coefficient (Wildman–Crippen LogP) is 2.82. The van der Waals surface area contributed by atoms with Gasteiger partial charge in [-0.25, -0.2) is 4.79 Å². The van der Waals surface area contributed by atoms with Gasteiger partial charge < -0.3 is 15.5 Å². The molecule has 0 aliphatic rings. The fourth-order valence-electron chi connectivity index (χ4n) is 2.51. The van der Waals surface area contributed by atoms with Gasteiger partial charge in [0.2, 0.25) is 5.91 Å². The van der Waals surface area contributed by atoms with Gasteiger partial charge in [0, 0.05) is 12.8 Å². The number of aliphatic carboxylic acids is 1. The maximum Gasteiger partial charge on any atom is 0.326 e. The van der Waals surface area contributed by atoms with Crippen LogP contribution in [0.25, 0.3) is 0 Å². The molecule has 0 radical (unpaired) electrons. The van der Waals surface area contributed by atoms with Crippen LogP contribution in [0.5, 0.6) is 5.75 Å². The van der Waals surface area contributed by atoms with Gasteiger partial charge in [0.25, 0.3) is 0 Å². The highest BCUT2D eigenvalue weighted by molar-refractivity contribution is 5.99. The summed E-state index contributed by atoms with van der Waals surface area (Å²) < 4.78 is 0. The Morgan fingerprint density at radius 3 is 2.28 bits per heavy atom. The number of carboxylic acids is 1. The average molecular weight is 349 g/mol. The number of unbranched alkanes of at least 4 members (excludes halogenated alkanes) is 4. The van der Waals surface area contributed by atoms with Crippen molar-refractivity contribution < 1.29 is 24.6 Å². The summed E-state index contributed by atoms with van der Waals surface area (Å²) in [6, 6.07) is 5.00. The van der Waals surface area contributed by atoms with Crippen LogP contribution in [0.15, 0.2) is 24.3 Å². The van der Waals surface area contributed by atoms with E-state index in [9.17, 15) is 24.6 Å². The Hall–Kier alpha value is -2.37. The van der Waals surface area contributed by atoms with Gasteiger partial charge >= 0.3 is 5.97 Å². The van der Waals surface area contributed by atoms with Gasteiger partial charge in [-0.2, -0.15) is 0 Å². The number of carbonyl (C=O) groups is 3. The molecular formula is C19H27NO5. The van der Waals surface area contributed by atoms with Gasteiger partial charge in [-0.1, -0.05) is 44.7 Å². The van der Waals surface area contributed by atoms with E-state index in [1.54, 1.807) is 12.1 Å². The number of Topliss-reactive ketones (excluding diaryl/α,β-unsaturated/α-hetero) is 1. The zero-order valence-electron chi connectivity index (χ0n) is 14.7. The van der Waals surface area contributed by atoms with E-state index in [1.807, 2.05) is 0 Å². The summed E-state index contributed by atoms with van der Waals surface area (Å²) >= 11 is 0. The fourth-order valence-corrected chi connectivity index (χ4v) is 2.51. The summed E-state index contributed by atoms with van der Waals surface area (Å²) in [4.78, 5) is 35.0. The number of carboxylic acid groups (broad SMARTS) is 1. The first-order valence-electron chi connectivity index (χ1n) is 8.74. The summed E-state index contributed by atoms with van der Waals surface area (Å²) in [5.41, 5.74) is 0.674. The number of amides is 1. The molecule has 0 saturated heterocycles. The number of aromatic hydroxyl groups is 1. The van der Waals surface area contributed by atoms with E-state index < -0.39 is 17.9 Å². The molecule has 1 atom stereocenters. The van der Waals surface area contributed by atoms with Crippen molar-refractivity contribution in [2.24, 2.45) is 0 Å². The number of hydrogen-bond acceptors (Lipinski definition) is 4. The van der Waals surface area contributed by atoms with Gasteiger partial charge in [0.15, 0.2) is 0 Å². The Morgan fingerprint density at radius 1 is 1.04 bits per heavy atom. The molecule has 0 aliphatic heterocycles. The van der Waals surface area contributed by atoms with Crippen LogP contribution >= 0.6 is 0 Å². The Kier molecular flexibility index (Phi) is 9.29. The van der Waals surface area contributed by atoms with Crippen molar-refractivity contribution in [3.8, 4) is 5.75 Å². The molecule has 3 N–H and O–H groups in total. The van der Waals surface area contributed by atoms with E-state index in [0.29, 0.717) is 12.0 Å². The summed E-state index contributed by atoms with van der Waals surface area (Å²) in [7, 11) is 0. The van der Waals surface area contributed by atoms with Crippen LogP contribution < -0.4 is 5.32 Å². The molecule has 0 saturated carbocycles. The molecule has 0 fully saturated rings. The van der Waals surface area contributed by atoms with E-state index in [1.165, 1.54) is 12.1 Å². The minimum absolute atomic E-state index is 0.0872. The molecular weight excluding hydrogens is 322 g/mol. The number of rotatable bonds is 12. The second-order valence-corrected chi connectivity index (χ2v) is 6.21. The summed E-state index contributed by atoms with van der Waals surface area (Å²) in [5.74, 6) is -1.80. The zero-order chi connectivity index (χ0) is 18.7. The molecule has 0 spiro atoms. The van der Waals surface area contributed by atoms with Crippen molar-refractivity contribution in [3.05, 3.63) is 29.8 Å². The molecule has 0 aromatic heterocycles. The lowest BCUT2D eigenvalue weighted by atomic mass is 10.0. The van der Waals surface area contributed by atoms with Crippen molar-refractivity contribution in [3.63, 3.8) is 0 Å². The highest BCUT2D eigenvalue weighted by atomic mass is 16.4. The molecule has 25 heavy (non-hydrogen) atoms. The predicted molar refractivity (Wildman–Crippen MR) is 94.4 cm³/mol. The highest BCUT2D eigenvalue weighted by Crippen LogP contribution is 2.12. The quantitative estimate of drug-likeness (QED) is 0.398. The number of ketones is 1. The van der Waals surface area contributed by atoms with Crippen LogP contribution in [-0.4, -0.2) is 33.9 Å². The molecule has 6 heteroatoms. The Balaban J connectivity index is 2.41. The topological polar surface area (TPSA) is 104 Å². The first-order chi connectivity index (χ1) is 11.9. The average Bonchev–Trinajstić information content (AvgIpc) is 2.55. The Morgan fingerprint density at radius 2 is 1.68 bits per heavy atom. The molecule has 0 bridgehead atoms. The molecule has 6 nitrogen and oxygen atoms in total. The standard InChI is InChI=1S/C19H27NO5/c1-2-3-4-5-6-7-16(22)13-18(23)20-17(19(24)25)12-14-8-10-15(21)11-9-14/h8-11,17,21H,2-7,12-13H2,1H3,(H,20,23)(H,24,25)/t17-/m1/s1. The van der Waals surface area contributed by atoms with Crippen LogP contribution in [0, 0.1) is 0 Å². The number of benzene rings is 1. The van der Waals surface area contributed by atoms with E-state index in [2.05, 4.69) is 12.2 Å². The van der Waals surface area contributed by atoms with E-state index in [0.717, 1.165) is 32.1 Å². The SMILES string of the molecule is CCCCCCCC(=O)CC(=O)N[C@H](Cc1ccc(O)cc1)C(=O)O.